The van der Waals surface area contributed by atoms with Gasteiger partial charge in [-0.2, -0.15) is 0 Å². The molecule has 0 atom stereocenters. The maximum atomic E-state index is 12.6. The second-order valence-electron chi connectivity index (χ2n) is 5.68. The molecule has 5 heteroatoms. The summed E-state index contributed by atoms with van der Waals surface area (Å²) < 4.78 is 0. The molecule has 2 heterocycles. The number of hydrazine groups is 1. The molecule has 4 nitrogen and oxygen atoms in total. The molecule has 1 amide bonds. The molecule has 0 saturated carbocycles. The van der Waals surface area contributed by atoms with Crippen LogP contribution < -0.4 is 5.43 Å². The normalized spacial score (nSPS) is 16.6. The Labute approximate surface area is 135 Å². The Kier molecular flexibility index (Phi) is 4.57. The second-order valence-corrected chi connectivity index (χ2v) is 6.76. The number of nitrogens with zero attached hydrogens (tertiary/aromatic N) is 2. The minimum absolute atomic E-state index is 0.00671. The predicted octanol–water partition coefficient (Wildman–Crippen LogP) is 2.62. The van der Waals surface area contributed by atoms with Crippen molar-refractivity contribution in [2.45, 2.75) is 6.92 Å². The molecule has 1 fully saturated rings. The molecule has 3 rings (SSSR count). The van der Waals surface area contributed by atoms with Gasteiger partial charge in [-0.25, -0.2) is 5.01 Å². The Morgan fingerprint density at radius 3 is 2.50 bits per heavy atom. The highest BCUT2D eigenvalue weighted by Gasteiger charge is 2.21. The fourth-order valence-electron chi connectivity index (χ4n) is 2.71. The summed E-state index contributed by atoms with van der Waals surface area (Å²) in [4.78, 5) is 16.1. The van der Waals surface area contributed by atoms with Crippen LogP contribution in [0.4, 0.5) is 0 Å². The highest BCUT2D eigenvalue weighted by Crippen LogP contribution is 2.32. The number of benzene rings is 1. The summed E-state index contributed by atoms with van der Waals surface area (Å²) in [6, 6.07) is 10.1. The number of hydrogen-bond donors (Lipinski definition) is 1. The average Bonchev–Trinajstić information content (AvgIpc) is 2.92. The molecule has 0 unspecified atom stereocenters. The third-order valence-corrected chi connectivity index (χ3v) is 4.96. The van der Waals surface area contributed by atoms with Gasteiger partial charge in [0.1, 0.15) is 0 Å². The van der Waals surface area contributed by atoms with E-state index in [2.05, 4.69) is 36.4 Å². The summed E-state index contributed by atoms with van der Waals surface area (Å²) >= 11 is 1.63. The van der Waals surface area contributed by atoms with Gasteiger partial charge in [0.15, 0.2) is 0 Å². The lowest BCUT2D eigenvalue weighted by molar-refractivity contribution is 0.0663. The van der Waals surface area contributed by atoms with Crippen LogP contribution in [0.5, 0.6) is 0 Å². The molecule has 1 aromatic carbocycles. The van der Waals surface area contributed by atoms with Crippen LogP contribution in [0.15, 0.2) is 35.7 Å². The summed E-state index contributed by atoms with van der Waals surface area (Å²) in [5, 5.41) is 3.98. The zero-order valence-corrected chi connectivity index (χ0v) is 13.8. The molecule has 2 aromatic rings. The van der Waals surface area contributed by atoms with Crippen LogP contribution in [-0.4, -0.2) is 49.0 Å². The first kappa shape index (κ1) is 15.2. The van der Waals surface area contributed by atoms with Gasteiger partial charge >= 0.3 is 0 Å². The first-order valence-corrected chi connectivity index (χ1v) is 8.41. The summed E-state index contributed by atoms with van der Waals surface area (Å²) in [6.07, 6.45) is 0. The highest BCUT2D eigenvalue weighted by molar-refractivity contribution is 7.10. The van der Waals surface area contributed by atoms with E-state index in [9.17, 15) is 4.79 Å². The van der Waals surface area contributed by atoms with E-state index in [1.165, 1.54) is 4.88 Å². The van der Waals surface area contributed by atoms with E-state index in [4.69, 9.17) is 0 Å². The number of thiophene rings is 1. The predicted molar refractivity (Wildman–Crippen MR) is 91.0 cm³/mol. The van der Waals surface area contributed by atoms with E-state index in [0.717, 1.165) is 42.9 Å². The van der Waals surface area contributed by atoms with Gasteiger partial charge in [-0.05, 0) is 19.5 Å². The molecular weight excluding hydrogens is 294 g/mol. The molecule has 0 aliphatic carbocycles. The summed E-state index contributed by atoms with van der Waals surface area (Å²) in [5.41, 5.74) is 5.98. The molecule has 116 valence electrons. The fraction of sp³-hybridized carbons (Fsp3) is 0.353. The van der Waals surface area contributed by atoms with Crippen LogP contribution in [0, 0.1) is 6.92 Å². The monoisotopic (exact) mass is 315 g/mol. The van der Waals surface area contributed by atoms with Crippen LogP contribution in [0.2, 0.25) is 0 Å². The number of rotatable bonds is 3. The maximum absolute atomic E-state index is 12.6. The molecule has 0 bridgehead atoms. The second kappa shape index (κ2) is 6.60. The molecule has 1 aliphatic rings. The number of hydrogen-bond acceptors (Lipinski definition) is 4. The number of likely N-dealkylation sites (N-methyl/N-ethyl adjacent to an activating group) is 1. The van der Waals surface area contributed by atoms with E-state index in [1.54, 1.807) is 11.3 Å². The molecule has 22 heavy (non-hydrogen) atoms. The van der Waals surface area contributed by atoms with Crippen molar-refractivity contribution in [1.29, 1.82) is 0 Å². The summed E-state index contributed by atoms with van der Waals surface area (Å²) in [5.74, 6) is -0.00671. The third kappa shape index (κ3) is 3.21. The van der Waals surface area contributed by atoms with Crippen molar-refractivity contribution in [1.82, 2.24) is 15.3 Å². The smallest absolute Gasteiger partial charge is 0.267 e. The minimum atomic E-state index is -0.00671. The van der Waals surface area contributed by atoms with E-state index in [-0.39, 0.29) is 5.91 Å². The average molecular weight is 315 g/mol. The van der Waals surface area contributed by atoms with Crippen LogP contribution in [0.1, 0.15) is 15.2 Å². The van der Waals surface area contributed by atoms with Crippen molar-refractivity contribution in [2.75, 3.05) is 33.2 Å². The zero-order valence-electron chi connectivity index (χ0n) is 13.0. The number of amides is 1. The molecule has 0 radical (unpaired) electrons. The first-order chi connectivity index (χ1) is 10.6. The van der Waals surface area contributed by atoms with Crippen molar-refractivity contribution in [3.8, 4) is 11.1 Å². The van der Waals surface area contributed by atoms with Crippen LogP contribution in [0.25, 0.3) is 11.1 Å². The van der Waals surface area contributed by atoms with E-state index in [0.29, 0.717) is 0 Å². The standard InChI is InChI=1S/C17H21N3OS/c1-13-16(14-6-4-3-5-7-14)15(12-22-13)17(21)18-20-10-8-19(2)9-11-20/h3-7,12H,8-11H2,1-2H3,(H,18,21). The first-order valence-electron chi connectivity index (χ1n) is 7.53. The Morgan fingerprint density at radius 2 is 1.82 bits per heavy atom. The Bertz CT molecular complexity index is 645. The number of carbonyl (C=O) groups is 1. The van der Waals surface area contributed by atoms with Gasteiger partial charge in [0.2, 0.25) is 0 Å². The highest BCUT2D eigenvalue weighted by atomic mass is 32.1. The Morgan fingerprint density at radius 1 is 1.14 bits per heavy atom. The van der Waals surface area contributed by atoms with Gasteiger partial charge in [0.05, 0.1) is 5.56 Å². The van der Waals surface area contributed by atoms with Gasteiger partial charge < -0.3 is 4.90 Å². The van der Waals surface area contributed by atoms with Gasteiger partial charge in [0, 0.05) is 42.0 Å². The number of nitrogens with one attached hydrogen (secondary N) is 1. The van der Waals surface area contributed by atoms with Gasteiger partial charge in [-0.15, -0.1) is 11.3 Å². The zero-order chi connectivity index (χ0) is 15.5. The van der Waals surface area contributed by atoms with Crippen molar-refractivity contribution in [3.05, 3.63) is 46.2 Å². The van der Waals surface area contributed by atoms with Gasteiger partial charge in [0.25, 0.3) is 5.91 Å². The van der Waals surface area contributed by atoms with Crippen LogP contribution in [0.3, 0.4) is 0 Å². The lowest BCUT2D eigenvalue weighted by atomic mass is 10.0. The van der Waals surface area contributed by atoms with Gasteiger partial charge in [-0.3, -0.25) is 10.2 Å². The molecule has 1 aromatic heterocycles. The van der Waals surface area contributed by atoms with E-state index < -0.39 is 0 Å². The fourth-order valence-corrected chi connectivity index (χ4v) is 3.57. The van der Waals surface area contributed by atoms with Crippen LogP contribution >= 0.6 is 11.3 Å². The largest absolute Gasteiger partial charge is 0.304 e. The van der Waals surface area contributed by atoms with Crippen molar-refractivity contribution >= 4 is 17.2 Å². The number of aryl methyl sites for hydroxylation is 1. The van der Waals surface area contributed by atoms with Crippen molar-refractivity contribution in [2.24, 2.45) is 0 Å². The van der Waals surface area contributed by atoms with E-state index >= 15 is 0 Å². The van der Waals surface area contributed by atoms with Crippen molar-refractivity contribution < 1.29 is 4.79 Å². The molecule has 1 aliphatic heterocycles. The van der Waals surface area contributed by atoms with Crippen LogP contribution in [-0.2, 0) is 0 Å². The minimum Gasteiger partial charge on any atom is -0.304 e. The van der Waals surface area contributed by atoms with Crippen molar-refractivity contribution in [3.63, 3.8) is 0 Å². The molecule has 1 saturated heterocycles. The molecule has 0 spiro atoms. The third-order valence-electron chi connectivity index (χ3n) is 4.04. The summed E-state index contributed by atoms with van der Waals surface area (Å²) in [6.45, 7) is 5.76. The quantitative estimate of drug-likeness (QED) is 0.946. The number of piperazine rings is 1. The lowest BCUT2D eigenvalue weighted by Gasteiger charge is -2.32. The van der Waals surface area contributed by atoms with E-state index in [1.807, 2.05) is 28.6 Å². The Balaban J connectivity index is 1.79. The SMILES string of the molecule is Cc1scc(C(=O)NN2CCN(C)CC2)c1-c1ccccc1. The topological polar surface area (TPSA) is 35.6 Å². The molecular formula is C17H21N3OS. The number of carbonyl (C=O) groups excluding carboxylic acids is 1. The lowest BCUT2D eigenvalue weighted by Crippen LogP contribution is -2.52. The Hall–Kier alpha value is -1.69. The summed E-state index contributed by atoms with van der Waals surface area (Å²) in [7, 11) is 2.11. The molecule has 1 N–H and O–H groups in total. The van der Waals surface area contributed by atoms with Gasteiger partial charge in [-0.1, -0.05) is 30.3 Å². The maximum Gasteiger partial charge on any atom is 0.267 e.